The number of amides is 1. The fourth-order valence-electron chi connectivity index (χ4n) is 3.41. The number of rotatable bonds is 5. The van der Waals surface area contributed by atoms with Crippen LogP contribution in [0.4, 0.5) is 11.4 Å². The van der Waals surface area contributed by atoms with Crippen LogP contribution in [0.3, 0.4) is 0 Å². The Morgan fingerprint density at radius 3 is 2.73 bits per heavy atom. The molecule has 3 heterocycles. The van der Waals surface area contributed by atoms with E-state index in [1.807, 2.05) is 55.1 Å². The minimum absolute atomic E-state index is 0.0910. The molecule has 30 heavy (non-hydrogen) atoms. The van der Waals surface area contributed by atoms with Gasteiger partial charge in [-0.05, 0) is 54.7 Å². The van der Waals surface area contributed by atoms with Crippen LogP contribution < -0.4 is 15.5 Å². The summed E-state index contributed by atoms with van der Waals surface area (Å²) >= 11 is 12.2. The Hall–Kier alpha value is -2.90. The van der Waals surface area contributed by atoms with Gasteiger partial charge in [-0.25, -0.2) is 0 Å². The van der Waals surface area contributed by atoms with Crippen LogP contribution in [0.15, 0.2) is 65.4 Å². The molecule has 2 aromatic heterocycles. The smallest absolute Gasteiger partial charge is 0.226 e. The summed E-state index contributed by atoms with van der Waals surface area (Å²) in [6.45, 7) is 3.66. The zero-order valence-electron chi connectivity index (χ0n) is 16.5. The first-order valence-electron chi connectivity index (χ1n) is 9.60. The molecule has 0 unspecified atom stereocenters. The maximum absolute atomic E-state index is 12.0. The zero-order chi connectivity index (χ0) is 21.3. The molecule has 0 saturated carbocycles. The quantitative estimate of drug-likeness (QED) is 0.538. The number of benzene rings is 1. The minimum Gasteiger partial charge on any atom is -0.467 e. The van der Waals surface area contributed by atoms with Gasteiger partial charge in [0.2, 0.25) is 5.91 Å². The summed E-state index contributed by atoms with van der Waals surface area (Å²) in [5.41, 5.74) is 2.21. The normalized spacial score (nSPS) is 18.5. The maximum atomic E-state index is 12.0. The number of hydrogen-bond donors (Lipinski definition) is 2. The Morgan fingerprint density at radius 2 is 2.10 bits per heavy atom. The van der Waals surface area contributed by atoms with Gasteiger partial charge >= 0.3 is 0 Å². The fourth-order valence-corrected chi connectivity index (χ4v) is 3.98. The number of pyridine rings is 1. The van der Waals surface area contributed by atoms with Crippen molar-refractivity contribution >= 4 is 46.2 Å². The van der Waals surface area contributed by atoms with Crippen LogP contribution in [0.25, 0.3) is 0 Å². The zero-order valence-corrected chi connectivity index (χ0v) is 18.1. The molecule has 1 aliphatic heterocycles. The number of aromatic nitrogens is 1. The van der Waals surface area contributed by atoms with Crippen molar-refractivity contribution in [2.45, 2.75) is 25.9 Å². The summed E-state index contributed by atoms with van der Waals surface area (Å²) in [5.74, 6) is 0.525. The molecule has 0 bridgehead atoms. The first kappa shape index (κ1) is 20.4. The van der Waals surface area contributed by atoms with Crippen LogP contribution in [0.5, 0.6) is 0 Å². The number of anilines is 2. The summed E-state index contributed by atoms with van der Waals surface area (Å²) in [6, 6.07) is 14.6. The average molecular weight is 441 g/mol. The van der Waals surface area contributed by atoms with Gasteiger partial charge in [-0.2, -0.15) is 0 Å². The summed E-state index contributed by atoms with van der Waals surface area (Å²) < 4.78 is 5.74. The number of furan rings is 1. The van der Waals surface area contributed by atoms with Crippen molar-refractivity contribution in [1.29, 1.82) is 0 Å². The van der Waals surface area contributed by atoms with Gasteiger partial charge in [0.15, 0.2) is 5.11 Å². The van der Waals surface area contributed by atoms with Crippen LogP contribution in [0, 0.1) is 5.92 Å². The lowest BCUT2D eigenvalue weighted by molar-refractivity contribution is -0.118. The third-order valence-corrected chi connectivity index (χ3v) is 5.57. The second-order valence-corrected chi connectivity index (χ2v) is 8.11. The van der Waals surface area contributed by atoms with Crippen molar-refractivity contribution in [2.24, 2.45) is 5.92 Å². The first-order chi connectivity index (χ1) is 14.5. The van der Waals surface area contributed by atoms with E-state index in [1.165, 1.54) is 0 Å². The van der Waals surface area contributed by atoms with Gasteiger partial charge in [0.25, 0.3) is 0 Å². The third-order valence-electron chi connectivity index (χ3n) is 4.95. The molecule has 1 aromatic carbocycles. The molecule has 1 aliphatic rings. The number of hydrogen-bond acceptors (Lipinski definition) is 4. The lowest BCUT2D eigenvalue weighted by Gasteiger charge is -2.26. The Balaban J connectivity index is 1.71. The fraction of sp³-hybridized carbons (Fsp3) is 0.227. The van der Waals surface area contributed by atoms with Crippen molar-refractivity contribution in [3.05, 3.63) is 77.5 Å². The molecule has 1 fully saturated rings. The molecule has 6 nitrogen and oxygen atoms in total. The molecule has 2 atom stereocenters. The Labute approximate surface area is 185 Å². The number of carbonyl (C=O) groups is 1. The number of halogens is 1. The molecule has 1 amide bonds. The lowest BCUT2D eigenvalue weighted by atomic mass is 10.0. The van der Waals surface area contributed by atoms with Crippen LogP contribution in [-0.2, 0) is 4.79 Å². The molecule has 0 aliphatic carbocycles. The van der Waals surface area contributed by atoms with Crippen molar-refractivity contribution in [3.63, 3.8) is 0 Å². The highest BCUT2D eigenvalue weighted by atomic mass is 35.5. The Morgan fingerprint density at radius 1 is 1.27 bits per heavy atom. The van der Waals surface area contributed by atoms with Crippen LogP contribution >= 0.6 is 23.8 Å². The van der Waals surface area contributed by atoms with E-state index in [4.69, 9.17) is 28.2 Å². The molecule has 154 valence electrons. The molecule has 0 radical (unpaired) electrons. The summed E-state index contributed by atoms with van der Waals surface area (Å²) in [6.07, 6.45) is 3.40. The maximum Gasteiger partial charge on any atom is 0.226 e. The molecule has 0 spiro atoms. The standard InChI is InChI=1S/C22H21ClN4O2S/c1-13(2)21(28)25-16-9-8-14(12-15(16)23)27-20(18-7-5-11-29-18)19(26-22(27)30)17-6-3-4-10-24-17/h3-13,19-20H,1-2H3,(H,25,28)(H,26,30)/t19-,20-/m0/s1. The highest BCUT2D eigenvalue weighted by molar-refractivity contribution is 7.80. The Kier molecular flexibility index (Phi) is 5.74. The predicted molar refractivity (Wildman–Crippen MR) is 122 cm³/mol. The summed E-state index contributed by atoms with van der Waals surface area (Å²) in [5, 5.41) is 7.18. The third kappa shape index (κ3) is 3.91. The molecule has 3 aromatic rings. The van der Waals surface area contributed by atoms with Gasteiger partial charge in [0, 0.05) is 17.8 Å². The molecule has 4 rings (SSSR count). The van der Waals surface area contributed by atoms with Crippen LogP contribution in [0.2, 0.25) is 5.02 Å². The van der Waals surface area contributed by atoms with Crippen molar-refractivity contribution in [3.8, 4) is 0 Å². The van der Waals surface area contributed by atoms with Gasteiger partial charge in [0.05, 0.1) is 28.7 Å². The Bertz CT molecular complexity index is 1060. The molecular weight excluding hydrogens is 420 g/mol. The van der Waals surface area contributed by atoms with E-state index in [-0.39, 0.29) is 23.9 Å². The second-order valence-electron chi connectivity index (χ2n) is 7.32. The topological polar surface area (TPSA) is 70.4 Å². The van der Waals surface area contributed by atoms with Gasteiger partial charge in [-0.15, -0.1) is 0 Å². The monoisotopic (exact) mass is 440 g/mol. The van der Waals surface area contributed by atoms with Gasteiger partial charge in [0.1, 0.15) is 11.8 Å². The van der Waals surface area contributed by atoms with E-state index >= 15 is 0 Å². The lowest BCUT2D eigenvalue weighted by Crippen LogP contribution is -2.29. The number of carbonyl (C=O) groups excluding carboxylic acids is 1. The van der Waals surface area contributed by atoms with Crippen molar-refractivity contribution in [2.75, 3.05) is 10.2 Å². The van der Waals surface area contributed by atoms with Crippen molar-refractivity contribution in [1.82, 2.24) is 10.3 Å². The number of thiocarbonyl (C=S) groups is 1. The van der Waals surface area contributed by atoms with E-state index in [1.54, 1.807) is 24.6 Å². The molecule has 8 heteroatoms. The SMILES string of the molecule is CC(C)C(=O)Nc1ccc(N2C(=S)N[C@@H](c3ccccn3)[C@@H]2c2ccco2)cc1Cl. The van der Waals surface area contributed by atoms with E-state index in [0.717, 1.165) is 17.1 Å². The van der Waals surface area contributed by atoms with Gasteiger partial charge in [-0.1, -0.05) is 31.5 Å². The van der Waals surface area contributed by atoms with E-state index in [0.29, 0.717) is 15.8 Å². The largest absolute Gasteiger partial charge is 0.467 e. The van der Waals surface area contributed by atoms with E-state index in [9.17, 15) is 4.79 Å². The molecule has 2 N–H and O–H groups in total. The highest BCUT2D eigenvalue weighted by Crippen LogP contribution is 2.42. The first-order valence-corrected chi connectivity index (χ1v) is 10.4. The number of nitrogens with zero attached hydrogens (tertiary/aromatic N) is 2. The predicted octanol–water partition coefficient (Wildman–Crippen LogP) is 5.10. The molecule has 1 saturated heterocycles. The van der Waals surface area contributed by atoms with Gasteiger partial charge in [-0.3, -0.25) is 9.78 Å². The summed E-state index contributed by atoms with van der Waals surface area (Å²) in [4.78, 5) is 18.5. The minimum atomic E-state index is -0.241. The van der Waals surface area contributed by atoms with Crippen molar-refractivity contribution < 1.29 is 9.21 Å². The average Bonchev–Trinajstić information content (AvgIpc) is 3.37. The second kappa shape index (κ2) is 8.45. The summed E-state index contributed by atoms with van der Waals surface area (Å²) in [7, 11) is 0. The highest BCUT2D eigenvalue weighted by Gasteiger charge is 2.42. The molecular formula is C22H21ClN4O2S. The van der Waals surface area contributed by atoms with E-state index < -0.39 is 0 Å². The van der Waals surface area contributed by atoms with Crippen LogP contribution in [0.1, 0.15) is 37.4 Å². The van der Waals surface area contributed by atoms with Gasteiger partial charge < -0.3 is 20.0 Å². The van der Waals surface area contributed by atoms with Crippen LogP contribution in [-0.4, -0.2) is 16.0 Å². The number of nitrogens with one attached hydrogen (secondary N) is 2. The van der Waals surface area contributed by atoms with E-state index in [2.05, 4.69) is 15.6 Å².